The van der Waals surface area contributed by atoms with Crippen LogP contribution in [0.5, 0.6) is 0 Å². The van der Waals surface area contributed by atoms with E-state index in [4.69, 9.17) is 16.9 Å². The molecule has 0 saturated heterocycles. The van der Waals surface area contributed by atoms with Crippen LogP contribution in [0.3, 0.4) is 0 Å². The molecule has 3 rings (SSSR count). The van der Waals surface area contributed by atoms with Crippen molar-refractivity contribution in [2.24, 2.45) is 16.8 Å². The standard InChI is InChI=1S/C24H18F4N6O/c25-19-7-8-20(21(26)11-19)23(35,14-34(31)15-33-30)24(27,28)22-9-6-17(13-32-22)5-4-16-2-1-3-18(10-16)12-29/h1-3,6-11,13,15,35H,14,30-31H2/b33-15-. The van der Waals surface area contributed by atoms with Gasteiger partial charge in [0.2, 0.25) is 0 Å². The van der Waals surface area contributed by atoms with Gasteiger partial charge in [-0.15, -0.1) is 0 Å². The number of alkyl halides is 2. The highest BCUT2D eigenvalue weighted by Gasteiger charge is 2.58. The summed E-state index contributed by atoms with van der Waals surface area (Å²) in [5, 5.41) is 23.6. The summed E-state index contributed by atoms with van der Waals surface area (Å²) in [6, 6.07) is 12.4. The van der Waals surface area contributed by atoms with Crippen molar-refractivity contribution < 1.29 is 22.7 Å². The number of halogens is 4. The first-order valence-corrected chi connectivity index (χ1v) is 9.90. The van der Waals surface area contributed by atoms with E-state index in [9.17, 15) is 13.9 Å². The molecular weight excluding hydrogens is 464 g/mol. The Bertz CT molecular complexity index is 1340. The minimum atomic E-state index is -4.21. The summed E-state index contributed by atoms with van der Waals surface area (Å²) in [6.07, 6.45) is 1.79. The molecule has 0 aliphatic heterocycles. The summed E-state index contributed by atoms with van der Waals surface area (Å²) >= 11 is 0. The highest BCUT2D eigenvalue weighted by molar-refractivity contribution is 5.54. The summed E-state index contributed by atoms with van der Waals surface area (Å²) in [4.78, 5) is 3.71. The lowest BCUT2D eigenvalue weighted by molar-refractivity contribution is -0.203. The molecule has 0 bridgehead atoms. The number of pyridine rings is 1. The molecule has 7 nitrogen and oxygen atoms in total. The molecule has 178 valence electrons. The summed E-state index contributed by atoms with van der Waals surface area (Å²) < 4.78 is 59.2. The van der Waals surface area contributed by atoms with Crippen molar-refractivity contribution in [3.63, 3.8) is 0 Å². The number of nitriles is 1. The van der Waals surface area contributed by atoms with E-state index in [2.05, 4.69) is 21.9 Å². The fourth-order valence-corrected chi connectivity index (χ4v) is 3.25. The van der Waals surface area contributed by atoms with Gasteiger partial charge in [-0.05, 0) is 42.5 Å². The molecule has 11 heteroatoms. The molecule has 5 N–H and O–H groups in total. The van der Waals surface area contributed by atoms with E-state index in [1.807, 2.05) is 6.07 Å². The number of aliphatic hydroxyl groups is 1. The van der Waals surface area contributed by atoms with Gasteiger partial charge < -0.3 is 10.9 Å². The molecule has 0 aliphatic rings. The summed E-state index contributed by atoms with van der Waals surface area (Å²) in [5.74, 6) is 9.42. The summed E-state index contributed by atoms with van der Waals surface area (Å²) in [7, 11) is 0. The van der Waals surface area contributed by atoms with Crippen LogP contribution in [-0.4, -0.2) is 28.0 Å². The number of rotatable bonds is 6. The summed E-state index contributed by atoms with van der Waals surface area (Å²) in [6.45, 7) is -1.07. The zero-order chi connectivity index (χ0) is 25.6. The molecule has 1 unspecified atom stereocenters. The highest BCUT2D eigenvalue weighted by atomic mass is 19.3. The zero-order valence-corrected chi connectivity index (χ0v) is 18.0. The normalized spacial score (nSPS) is 12.9. The molecule has 3 aromatic rings. The molecule has 0 aliphatic carbocycles. The maximum Gasteiger partial charge on any atom is 0.323 e. The van der Waals surface area contributed by atoms with Crippen LogP contribution in [0.4, 0.5) is 17.6 Å². The second-order valence-electron chi connectivity index (χ2n) is 7.37. The minimum absolute atomic E-state index is 0.263. The van der Waals surface area contributed by atoms with Gasteiger partial charge in [-0.2, -0.15) is 19.1 Å². The van der Waals surface area contributed by atoms with E-state index in [0.717, 1.165) is 24.7 Å². The molecule has 0 fully saturated rings. The number of benzene rings is 2. The van der Waals surface area contributed by atoms with Crippen LogP contribution in [-0.2, 0) is 11.5 Å². The van der Waals surface area contributed by atoms with E-state index < -0.39 is 41.0 Å². The Labute approximate surface area is 197 Å². The number of hydrogen-bond acceptors (Lipinski definition) is 6. The van der Waals surface area contributed by atoms with Crippen LogP contribution in [0.2, 0.25) is 0 Å². The van der Waals surface area contributed by atoms with Crippen molar-refractivity contribution in [3.8, 4) is 17.9 Å². The molecule has 0 radical (unpaired) electrons. The first kappa shape index (κ1) is 25.2. The number of hydrazine groups is 1. The molecule has 1 aromatic heterocycles. The molecule has 35 heavy (non-hydrogen) atoms. The Morgan fingerprint density at radius 2 is 1.77 bits per heavy atom. The van der Waals surface area contributed by atoms with E-state index >= 15 is 8.78 Å². The van der Waals surface area contributed by atoms with Crippen molar-refractivity contribution in [2.75, 3.05) is 6.54 Å². The van der Waals surface area contributed by atoms with Crippen molar-refractivity contribution in [2.45, 2.75) is 11.5 Å². The van der Waals surface area contributed by atoms with E-state index in [1.54, 1.807) is 24.3 Å². The van der Waals surface area contributed by atoms with Crippen molar-refractivity contribution in [3.05, 3.63) is 100 Å². The molecule has 1 atom stereocenters. The second kappa shape index (κ2) is 10.2. The number of nitrogens with zero attached hydrogens (tertiary/aromatic N) is 4. The minimum Gasteiger partial charge on any atom is -0.377 e. The average Bonchev–Trinajstić information content (AvgIpc) is 2.83. The monoisotopic (exact) mass is 482 g/mol. The molecule has 0 spiro atoms. The third-order valence-electron chi connectivity index (χ3n) is 4.95. The first-order chi connectivity index (χ1) is 16.6. The van der Waals surface area contributed by atoms with Gasteiger partial charge in [-0.1, -0.05) is 17.9 Å². The maximum absolute atomic E-state index is 15.6. The fraction of sp³-hybridized carbons (Fsp3) is 0.125. The van der Waals surface area contributed by atoms with Crippen molar-refractivity contribution in [1.29, 1.82) is 5.26 Å². The SMILES string of the molecule is N#Cc1cccc(C#Cc2ccc(C(F)(F)C(O)(CN(N)/C=N\N)c3ccc(F)cc3F)nc2)c1. The Morgan fingerprint density at radius 3 is 2.40 bits per heavy atom. The van der Waals surface area contributed by atoms with E-state index in [-0.39, 0.29) is 5.56 Å². The lowest BCUT2D eigenvalue weighted by atomic mass is 9.84. The lowest BCUT2D eigenvalue weighted by Crippen LogP contribution is -2.53. The van der Waals surface area contributed by atoms with E-state index in [1.165, 1.54) is 6.07 Å². The maximum atomic E-state index is 15.6. The molecular formula is C24H18F4N6O. The van der Waals surface area contributed by atoms with Gasteiger partial charge in [0.25, 0.3) is 0 Å². The Morgan fingerprint density at radius 1 is 1.06 bits per heavy atom. The van der Waals surface area contributed by atoms with Crippen LogP contribution in [0, 0.1) is 34.8 Å². The highest BCUT2D eigenvalue weighted by Crippen LogP contribution is 2.45. The van der Waals surface area contributed by atoms with Gasteiger partial charge in [-0.25, -0.2) is 14.6 Å². The van der Waals surface area contributed by atoms with Gasteiger partial charge in [0.05, 0.1) is 18.2 Å². The van der Waals surface area contributed by atoms with Crippen LogP contribution >= 0.6 is 0 Å². The van der Waals surface area contributed by atoms with Crippen molar-refractivity contribution in [1.82, 2.24) is 9.99 Å². The van der Waals surface area contributed by atoms with Gasteiger partial charge in [0.15, 0.2) is 5.60 Å². The van der Waals surface area contributed by atoms with Gasteiger partial charge in [-0.3, -0.25) is 9.99 Å². The third-order valence-corrected chi connectivity index (χ3v) is 4.95. The van der Waals surface area contributed by atoms with Gasteiger partial charge >= 0.3 is 5.92 Å². The van der Waals surface area contributed by atoms with Crippen LogP contribution < -0.4 is 11.7 Å². The molecule has 2 aromatic carbocycles. The predicted molar refractivity (Wildman–Crippen MR) is 119 cm³/mol. The number of nitrogens with two attached hydrogens (primary N) is 2. The number of hydrogen-bond donors (Lipinski definition) is 3. The smallest absolute Gasteiger partial charge is 0.323 e. The van der Waals surface area contributed by atoms with Gasteiger partial charge in [0.1, 0.15) is 23.7 Å². The molecule has 1 heterocycles. The van der Waals surface area contributed by atoms with Gasteiger partial charge in [0, 0.05) is 29.0 Å². The first-order valence-electron chi connectivity index (χ1n) is 9.90. The topological polar surface area (TPSA) is 125 Å². The number of aromatic nitrogens is 1. The second-order valence-corrected chi connectivity index (χ2v) is 7.37. The Kier molecular flexibility index (Phi) is 7.35. The zero-order valence-electron chi connectivity index (χ0n) is 18.0. The molecule has 0 saturated carbocycles. The number of hydrazone groups is 1. The molecule has 0 amide bonds. The van der Waals surface area contributed by atoms with Crippen LogP contribution in [0.15, 0.2) is 65.9 Å². The van der Waals surface area contributed by atoms with Crippen molar-refractivity contribution >= 4 is 6.34 Å². The van der Waals surface area contributed by atoms with Crippen LogP contribution in [0.25, 0.3) is 0 Å². The average molecular weight is 482 g/mol. The summed E-state index contributed by atoms with van der Waals surface area (Å²) in [5.41, 5.74) is -3.92. The fourth-order valence-electron chi connectivity index (χ4n) is 3.25. The lowest BCUT2D eigenvalue weighted by Gasteiger charge is -2.37. The Balaban J connectivity index is 2.00. The largest absolute Gasteiger partial charge is 0.377 e. The quantitative estimate of drug-likeness (QED) is 0.124. The third kappa shape index (κ3) is 5.38. The Hall–Kier alpha value is -4.45. The van der Waals surface area contributed by atoms with E-state index in [0.29, 0.717) is 28.3 Å². The predicted octanol–water partition coefficient (Wildman–Crippen LogP) is 2.69. The van der Waals surface area contributed by atoms with Crippen LogP contribution in [0.1, 0.15) is 27.9 Å².